The zero-order valence-electron chi connectivity index (χ0n) is 9.15. The summed E-state index contributed by atoms with van der Waals surface area (Å²) in [7, 11) is 0. The Labute approximate surface area is 118 Å². The summed E-state index contributed by atoms with van der Waals surface area (Å²) in [4.78, 5) is 12.1. The second kappa shape index (κ2) is 5.61. The normalized spacial score (nSPS) is 10.3. The van der Waals surface area contributed by atoms with E-state index in [0.717, 1.165) is 5.56 Å². The van der Waals surface area contributed by atoms with Crippen molar-refractivity contribution in [1.29, 1.82) is 0 Å². The van der Waals surface area contributed by atoms with Crippen LogP contribution in [-0.2, 0) is 11.3 Å². The van der Waals surface area contributed by atoms with E-state index in [0.29, 0.717) is 20.6 Å². The van der Waals surface area contributed by atoms with Crippen LogP contribution in [0.3, 0.4) is 0 Å². The van der Waals surface area contributed by atoms with Crippen molar-refractivity contribution in [3.05, 3.63) is 50.1 Å². The molecule has 0 aliphatic carbocycles. The van der Waals surface area contributed by atoms with Gasteiger partial charge in [-0.05, 0) is 29.1 Å². The van der Waals surface area contributed by atoms with E-state index in [1.165, 1.54) is 11.3 Å². The van der Waals surface area contributed by atoms with Gasteiger partial charge < -0.3 is 10.5 Å². The Morgan fingerprint density at radius 3 is 2.67 bits per heavy atom. The molecule has 18 heavy (non-hydrogen) atoms. The van der Waals surface area contributed by atoms with Gasteiger partial charge in [0.15, 0.2) is 0 Å². The molecule has 0 amide bonds. The minimum atomic E-state index is -0.437. The molecule has 3 nitrogen and oxygen atoms in total. The number of hydrogen-bond donors (Lipinski definition) is 1. The third-order valence-corrected chi connectivity index (χ3v) is 3.88. The van der Waals surface area contributed by atoms with Crippen LogP contribution >= 0.6 is 34.5 Å². The van der Waals surface area contributed by atoms with Crippen molar-refractivity contribution in [2.24, 2.45) is 0 Å². The highest BCUT2D eigenvalue weighted by molar-refractivity contribution is 7.12. The fraction of sp³-hybridized carbons (Fsp3) is 0.0833. The molecule has 0 spiro atoms. The summed E-state index contributed by atoms with van der Waals surface area (Å²) in [5, 5.41) is 2.64. The monoisotopic (exact) mass is 301 g/mol. The summed E-state index contributed by atoms with van der Waals surface area (Å²) in [5.74, 6) is -0.437. The molecule has 0 radical (unpaired) electrons. The Bertz CT molecular complexity index is 583. The van der Waals surface area contributed by atoms with E-state index in [1.54, 1.807) is 29.6 Å². The van der Waals surface area contributed by atoms with Crippen molar-refractivity contribution < 1.29 is 9.53 Å². The quantitative estimate of drug-likeness (QED) is 0.872. The summed E-state index contributed by atoms with van der Waals surface area (Å²) in [6, 6.07) is 6.74. The van der Waals surface area contributed by atoms with Crippen LogP contribution in [0.15, 0.2) is 29.6 Å². The summed E-state index contributed by atoms with van der Waals surface area (Å²) < 4.78 is 5.14. The lowest BCUT2D eigenvalue weighted by Gasteiger charge is -2.05. The van der Waals surface area contributed by atoms with Crippen LogP contribution in [0.4, 0.5) is 5.69 Å². The predicted molar refractivity (Wildman–Crippen MR) is 74.3 cm³/mol. The van der Waals surface area contributed by atoms with E-state index in [-0.39, 0.29) is 6.61 Å². The summed E-state index contributed by atoms with van der Waals surface area (Å²) in [5.41, 5.74) is 6.83. The molecule has 0 fully saturated rings. The van der Waals surface area contributed by atoms with Crippen molar-refractivity contribution in [3.8, 4) is 0 Å². The Kier molecular flexibility index (Phi) is 4.11. The number of carbonyl (C=O) groups is 1. The number of nitrogens with two attached hydrogens (primary N) is 1. The molecule has 6 heteroatoms. The number of esters is 1. The Morgan fingerprint density at radius 1 is 1.28 bits per heavy atom. The molecule has 0 bridgehead atoms. The average Bonchev–Trinajstić information content (AvgIpc) is 2.77. The van der Waals surface area contributed by atoms with E-state index >= 15 is 0 Å². The molecule has 1 heterocycles. The van der Waals surface area contributed by atoms with Gasteiger partial charge in [0.2, 0.25) is 0 Å². The van der Waals surface area contributed by atoms with Gasteiger partial charge in [0.1, 0.15) is 11.5 Å². The van der Waals surface area contributed by atoms with Gasteiger partial charge in [-0.3, -0.25) is 0 Å². The molecule has 1 aromatic heterocycles. The number of carbonyl (C=O) groups excluding carboxylic acids is 1. The first-order chi connectivity index (χ1) is 8.58. The van der Waals surface area contributed by atoms with E-state index in [2.05, 4.69) is 0 Å². The third-order valence-electron chi connectivity index (χ3n) is 2.24. The lowest BCUT2D eigenvalue weighted by Crippen LogP contribution is -2.05. The van der Waals surface area contributed by atoms with E-state index in [4.69, 9.17) is 33.7 Å². The number of halogens is 2. The molecule has 94 valence electrons. The molecule has 1 aromatic carbocycles. The smallest absolute Gasteiger partial charge is 0.350 e. The maximum Gasteiger partial charge on any atom is 0.350 e. The van der Waals surface area contributed by atoms with Crippen LogP contribution in [0, 0.1) is 0 Å². The van der Waals surface area contributed by atoms with Crippen molar-refractivity contribution >= 4 is 46.2 Å². The molecule has 2 aromatic rings. The molecule has 0 aliphatic heterocycles. The highest BCUT2D eigenvalue weighted by atomic mass is 35.5. The molecule has 0 aliphatic rings. The fourth-order valence-corrected chi connectivity index (χ4v) is 2.36. The number of thiophene rings is 1. The lowest BCUT2D eigenvalue weighted by molar-refractivity contribution is 0.0479. The van der Waals surface area contributed by atoms with Crippen molar-refractivity contribution in [3.63, 3.8) is 0 Å². The van der Waals surface area contributed by atoms with Crippen LogP contribution in [-0.4, -0.2) is 5.97 Å². The van der Waals surface area contributed by atoms with Crippen LogP contribution in [0.1, 0.15) is 15.2 Å². The molecule has 0 saturated carbocycles. The van der Waals surface area contributed by atoms with E-state index in [9.17, 15) is 4.79 Å². The first kappa shape index (κ1) is 13.2. The first-order valence-electron chi connectivity index (χ1n) is 5.02. The zero-order valence-corrected chi connectivity index (χ0v) is 11.5. The number of ether oxygens (including phenoxy) is 1. The van der Waals surface area contributed by atoms with Gasteiger partial charge >= 0.3 is 5.97 Å². The van der Waals surface area contributed by atoms with Gasteiger partial charge in [-0.25, -0.2) is 4.79 Å². The molecule has 0 atom stereocenters. The van der Waals surface area contributed by atoms with Crippen LogP contribution in [0.2, 0.25) is 10.0 Å². The predicted octanol–water partition coefficient (Wildman–Crippen LogP) is 3.99. The minimum absolute atomic E-state index is 0.132. The molecule has 2 rings (SSSR count). The second-order valence-corrected chi connectivity index (χ2v) is 5.26. The first-order valence-corrected chi connectivity index (χ1v) is 6.65. The third kappa shape index (κ3) is 2.96. The Morgan fingerprint density at radius 2 is 2.06 bits per heavy atom. The number of rotatable bonds is 3. The van der Waals surface area contributed by atoms with Crippen molar-refractivity contribution in [1.82, 2.24) is 0 Å². The number of nitrogen functional groups attached to an aromatic ring is 1. The number of anilines is 1. The molecule has 2 N–H and O–H groups in total. The molecular weight excluding hydrogens is 293 g/mol. The SMILES string of the molecule is Nc1ccsc1C(=O)OCc1ccc(Cl)c(Cl)c1. The van der Waals surface area contributed by atoms with E-state index in [1.807, 2.05) is 0 Å². The largest absolute Gasteiger partial charge is 0.457 e. The number of benzene rings is 1. The van der Waals surface area contributed by atoms with Crippen LogP contribution in [0.5, 0.6) is 0 Å². The molecule has 0 unspecified atom stereocenters. The summed E-state index contributed by atoms with van der Waals surface area (Å²) in [6.45, 7) is 0.132. The average molecular weight is 302 g/mol. The Balaban J connectivity index is 2.02. The fourth-order valence-electron chi connectivity index (χ4n) is 1.33. The van der Waals surface area contributed by atoms with Gasteiger partial charge in [0.25, 0.3) is 0 Å². The van der Waals surface area contributed by atoms with Crippen molar-refractivity contribution in [2.75, 3.05) is 5.73 Å². The highest BCUT2D eigenvalue weighted by Crippen LogP contribution is 2.24. The topological polar surface area (TPSA) is 52.3 Å². The van der Waals surface area contributed by atoms with Gasteiger partial charge in [0.05, 0.1) is 15.7 Å². The van der Waals surface area contributed by atoms with Crippen molar-refractivity contribution in [2.45, 2.75) is 6.61 Å². The summed E-state index contributed by atoms with van der Waals surface area (Å²) in [6.07, 6.45) is 0. The Hall–Kier alpha value is -1.23. The summed E-state index contributed by atoms with van der Waals surface area (Å²) >= 11 is 12.9. The van der Waals surface area contributed by atoms with E-state index < -0.39 is 5.97 Å². The standard InChI is InChI=1S/C12H9Cl2NO2S/c13-8-2-1-7(5-9(8)14)6-17-12(16)11-10(15)3-4-18-11/h1-5H,6,15H2. The molecular formula is C12H9Cl2NO2S. The van der Waals surface area contributed by atoms with Gasteiger partial charge in [-0.1, -0.05) is 29.3 Å². The maximum atomic E-state index is 11.7. The molecule has 0 saturated heterocycles. The lowest BCUT2D eigenvalue weighted by atomic mass is 10.2. The number of hydrogen-bond acceptors (Lipinski definition) is 4. The van der Waals surface area contributed by atoms with Crippen LogP contribution < -0.4 is 5.73 Å². The van der Waals surface area contributed by atoms with Gasteiger partial charge in [-0.15, -0.1) is 11.3 Å². The zero-order chi connectivity index (χ0) is 13.1. The van der Waals surface area contributed by atoms with Gasteiger partial charge in [-0.2, -0.15) is 0 Å². The maximum absolute atomic E-state index is 11.7. The second-order valence-electron chi connectivity index (χ2n) is 3.53. The van der Waals surface area contributed by atoms with Crippen LogP contribution in [0.25, 0.3) is 0 Å². The highest BCUT2D eigenvalue weighted by Gasteiger charge is 2.12. The van der Waals surface area contributed by atoms with Gasteiger partial charge in [0, 0.05) is 0 Å². The minimum Gasteiger partial charge on any atom is -0.457 e.